The predicted molar refractivity (Wildman–Crippen MR) is 71.2 cm³/mol. The van der Waals surface area contributed by atoms with Gasteiger partial charge in [-0.15, -0.1) is 0 Å². The lowest BCUT2D eigenvalue weighted by molar-refractivity contribution is -0.142. The van der Waals surface area contributed by atoms with E-state index < -0.39 is 0 Å². The quantitative estimate of drug-likeness (QED) is 0.704. The van der Waals surface area contributed by atoms with Crippen molar-refractivity contribution in [3.8, 4) is 0 Å². The molecule has 0 fully saturated rings. The number of methoxy groups -OCH3 is 1. The van der Waals surface area contributed by atoms with E-state index in [9.17, 15) is 9.59 Å². The van der Waals surface area contributed by atoms with Gasteiger partial charge in [-0.05, 0) is 18.1 Å². The number of carbonyl (C=O) groups excluding carboxylic acids is 2. The van der Waals surface area contributed by atoms with E-state index in [-0.39, 0.29) is 18.3 Å². The first-order valence-electron chi connectivity index (χ1n) is 6.40. The summed E-state index contributed by atoms with van der Waals surface area (Å²) in [6, 6.07) is 3.75. The smallest absolute Gasteiger partial charge is 0.307 e. The molecule has 0 aliphatic rings. The average Bonchev–Trinajstić information content (AvgIpc) is 2.44. The van der Waals surface area contributed by atoms with E-state index in [0.29, 0.717) is 19.5 Å². The van der Waals surface area contributed by atoms with Crippen LogP contribution in [0, 0.1) is 0 Å². The first kappa shape index (κ1) is 15.1. The monoisotopic (exact) mass is 264 g/mol. The van der Waals surface area contributed by atoms with E-state index in [1.807, 2.05) is 19.1 Å². The summed E-state index contributed by atoms with van der Waals surface area (Å²) in [5.41, 5.74) is 0.955. The summed E-state index contributed by atoms with van der Waals surface area (Å²) in [4.78, 5) is 28.9. The number of ether oxygens (including phenoxy) is 1. The van der Waals surface area contributed by atoms with Crippen molar-refractivity contribution in [1.29, 1.82) is 0 Å². The highest BCUT2D eigenvalue weighted by Gasteiger charge is 2.14. The lowest BCUT2D eigenvalue weighted by Crippen LogP contribution is -2.32. The molecule has 1 rings (SSSR count). The molecule has 0 aromatic carbocycles. The minimum absolute atomic E-state index is 0.0512. The topological polar surface area (TPSA) is 59.5 Å². The summed E-state index contributed by atoms with van der Waals surface area (Å²) < 4.78 is 4.60. The Hall–Kier alpha value is -1.91. The molecule has 104 valence electrons. The van der Waals surface area contributed by atoms with Gasteiger partial charge in [0.05, 0.1) is 13.5 Å². The fourth-order valence-corrected chi connectivity index (χ4v) is 1.70. The number of amides is 1. The molecule has 1 aromatic rings. The maximum atomic E-state index is 12.0. The third-order valence-electron chi connectivity index (χ3n) is 2.73. The Morgan fingerprint density at radius 1 is 1.37 bits per heavy atom. The summed E-state index contributed by atoms with van der Waals surface area (Å²) in [6.07, 6.45) is 4.91. The van der Waals surface area contributed by atoms with Crippen LogP contribution in [-0.2, 0) is 20.9 Å². The van der Waals surface area contributed by atoms with Crippen LogP contribution in [0.3, 0.4) is 0 Å². The molecule has 0 atom stereocenters. The molecule has 0 saturated carbocycles. The van der Waals surface area contributed by atoms with Crippen LogP contribution in [0.4, 0.5) is 0 Å². The van der Waals surface area contributed by atoms with E-state index >= 15 is 0 Å². The molecule has 1 aromatic heterocycles. The van der Waals surface area contributed by atoms with Gasteiger partial charge in [-0.1, -0.05) is 13.0 Å². The van der Waals surface area contributed by atoms with E-state index in [0.717, 1.165) is 12.0 Å². The normalized spacial score (nSPS) is 10.0. The largest absolute Gasteiger partial charge is 0.469 e. The standard InChI is InChI=1S/C14H20N2O3/c1-3-5-13(17)16(9-7-14(18)19-2)11-12-6-4-8-15-10-12/h4,6,8,10H,3,5,7,9,11H2,1-2H3. The first-order chi connectivity index (χ1) is 9.17. The van der Waals surface area contributed by atoms with Crippen LogP contribution in [0.15, 0.2) is 24.5 Å². The zero-order valence-electron chi connectivity index (χ0n) is 11.5. The number of esters is 1. The number of rotatable bonds is 7. The second kappa shape index (κ2) is 8.24. The number of aromatic nitrogens is 1. The molecule has 0 bridgehead atoms. The van der Waals surface area contributed by atoms with Crippen molar-refractivity contribution in [2.24, 2.45) is 0 Å². The van der Waals surface area contributed by atoms with Gasteiger partial charge in [-0.3, -0.25) is 14.6 Å². The molecule has 0 aliphatic heterocycles. The van der Waals surface area contributed by atoms with Crippen molar-refractivity contribution in [3.05, 3.63) is 30.1 Å². The van der Waals surface area contributed by atoms with Crippen molar-refractivity contribution in [2.45, 2.75) is 32.7 Å². The maximum Gasteiger partial charge on any atom is 0.307 e. The molecule has 0 N–H and O–H groups in total. The van der Waals surface area contributed by atoms with Crippen LogP contribution >= 0.6 is 0 Å². The molecular weight excluding hydrogens is 244 g/mol. The van der Waals surface area contributed by atoms with Crippen molar-refractivity contribution in [1.82, 2.24) is 9.88 Å². The van der Waals surface area contributed by atoms with Crippen LogP contribution < -0.4 is 0 Å². The minimum atomic E-state index is -0.305. The Balaban J connectivity index is 2.63. The number of hydrogen-bond acceptors (Lipinski definition) is 4. The van der Waals surface area contributed by atoms with Gasteiger partial charge in [-0.25, -0.2) is 0 Å². The summed E-state index contributed by atoms with van der Waals surface area (Å²) >= 11 is 0. The van der Waals surface area contributed by atoms with Gasteiger partial charge < -0.3 is 9.64 Å². The van der Waals surface area contributed by atoms with Crippen LogP contribution in [0.5, 0.6) is 0 Å². The summed E-state index contributed by atoms with van der Waals surface area (Å²) in [5.74, 6) is -0.254. The van der Waals surface area contributed by atoms with Crippen molar-refractivity contribution < 1.29 is 14.3 Å². The third-order valence-corrected chi connectivity index (χ3v) is 2.73. The Bertz CT molecular complexity index is 406. The fourth-order valence-electron chi connectivity index (χ4n) is 1.70. The highest BCUT2D eigenvalue weighted by atomic mass is 16.5. The Morgan fingerprint density at radius 3 is 2.74 bits per heavy atom. The van der Waals surface area contributed by atoms with Crippen LogP contribution in [-0.4, -0.2) is 35.4 Å². The summed E-state index contributed by atoms with van der Waals surface area (Å²) in [7, 11) is 1.35. The molecule has 0 unspecified atom stereocenters. The molecule has 1 heterocycles. The first-order valence-corrected chi connectivity index (χ1v) is 6.40. The molecule has 5 nitrogen and oxygen atoms in total. The van der Waals surface area contributed by atoms with Gasteiger partial charge in [-0.2, -0.15) is 0 Å². The molecule has 0 radical (unpaired) electrons. The van der Waals surface area contributed by atoms with Gasteiger partial charge >= 0.3 is 5.97 Å². The second-order valence-electron chi connectivity index (χ2n) is 4.25. The van der Waals surface area contributed by atoms with E-state index in [1.165, 1.54) is 7.11 Å². The average molecular weight is 264 g/mol. The zero-order valence-corrected chi connectivity index (χ0v) is 11.5. The molecular formula is C14H20N2O3. The van der Waals surface area contributed by atoms with Crippen LogP contribution in [0.2, 0.25) is 0 Å². The third kappa shape index (κ3) is 5.50. The second-order valence-corrected chi connectivity index (χ2v) is 4.25. The number of nitrogens with zero attached hydrogens (tertiary/aromatic N) is 2. The van der Waals surface area contributed by atoms with Gasteiger partial charge in [0.2, 0.25) is 5.91 Å². The van der Waals surface area contributed by atoms with Gasteiger partial charge in [0.15, 0.2) is 0 Å². The van der Waals surface area contributed by atoms with E-state index in [2.05, 4.69) is 9.72 Å². The molecule has 0 aliphatic carbocycles. The van der Waals surface area contributed by atoms with E-state index in [4.69, 9.17) is 0 Å². The lowest BCUT2D eigenvalue weighted by Gasteiger charge is -2.22. The minimum Gasteiger partial charge on any atom is -0.469 e. The van der Waals surface area contributed by atoms with Gasteiger partial charge in [0.25, 0.3) is 0 Å². The highest BCUT2D eigenvalue weighted by Crippen LogP contribution is 2.07. The fraction of sp³-hybridized carbons (Fsp3) is 0.500. The number of pyridine rings is 1. The summed E-state index contributed by atoms with van der Waals surface area (Å²) in [5, 5.41) is 0. The van der Waals surface area contributed by atoms with Gasteiger partial charge in [0, 0.05) is 31.9 Å². The van der Waals surface area contributed by atoms with Crippen molar-refractivity contribution in [3.63, 3.8) is 0 Å². The maximum absolute atomic E-state index is 12.0. The molecule has 0 spiro atoms. The number of hydrogen-bond donors (Lipinski definition) is 0. The van der Waals surface area contributed by atoms with Crippen molar-refractivity contribution >= 4 is 11.9 Å². The lowest BCUT2D eigenvalue weighted by atomic mass is 10.2. The Labute approximate surface area is 113 Å². The molecule has 5 heteroatoms. The summed E-state index contributed by atoms with van der Waals surface area (Å²) in [6.45, 7) is 2.81. The molecule has 1 amide bonds. The predicted octanol–water partition coefficient (Wildman–Crippen LogP) is 1.77. The molecule has 19 heavy (non-hydrogen) atoms. The molecule has 0 saturated heterocycles. The Morgan fingerprint density at radius 2 is 2.16 bits per heavy atom. The number of carbonyl (C=O) groups is 2. The van der Waals surface area contributed by atoms with E-state index in [1.54, 1.807) is 17.3 Å². The zero-order chi connectivity index (χ0) is 14.1. The van der Waals surface area contributed by atoms with Crippen LogP contribution in [0.25, 0.3) is 0 Å². The van der Waals surface area contributed by atoms with Crippen molar-refractivity contribution in [2.75, 3.05) is 13.7 Å². The van der Waals surface area contributed by atoms with Gasteiger partial charge in [0.1, 0.15) is 0 Å². The highest BCUT2D eigenvalue weighted by molar-refractivity contribution is 5.77. The SMILES string of the molecule is CCCC(=O)N(CCC(=O)OC)Cc1cccnc1. The van der Waals surface area contributed by atoms with Crippen LogP contribution in [0.1, 0.15) is 31.7 Å². The Kier molecular flexibility index (Phi) is 6.57.